The third-order valence-corrected chi connectivity index (χ3v) is 2.78. The molecule has 0 saturated carbocycles. The zero-order chi connectivity index (χ0) is 11.4. The molecule has 0 spiro atoms. The highest BCUT2D eigenvalue weighted by Crippen LogP contribution is 2.27. The first-order valence-corrected chi connectivity index (χ1v) is 5.69. The minimum absolute atomic E-state index is 0.366. The number of nitrogen functional groups attached to an aromatic ring is 1. The number of nitrogens with two attached hydrogens (primary N) is 1. The van der Waals surface area contributed by atoms with Gasteiger partial charge in [-0.15, -0.1) is 11.3 Å². The fraction of sp³-hybridized carbons (Fsp3) is 0.200. The number of hydrogen-bond donors (Lipinski definition) is 2. The molecule has 0 atom stereocenters. The van der Waals surface area contributed by atoms with Gasteiger partial charge in [0.05, 0.1) is 5.39 Å². The van der Waals surface area contributed by atoms with Gasteiger partial charge < -0.3 is 4.74 Å². The Labute approximate surface area is 96.9 Å². The molecule has 5 nitrogen and oxygen atoms in total. The maximum Gasteiger partial charge on any atom is 0.241 e. The van der Waals surface area contributed by atoms with Gasteiger partial charge in [-0.1, -0.05) is 12.2 Å². The number of nitrogens with one attached hydrogen (secondary N) is 1. The number of aromatic nitrogens is 2. The maximum atomic E-state index is 5.53. The average Bonchev–Trinajstić information content (AvgIpc) is 2.77. The second-order valence-corrected chi connectivity index (χ2v) is 3.91. The molecule has 2 aromatic rings. The van der Waals surface area contributed by atoms with Gasteiger partial charge in [0, 0.05) is 0 Å². The van der Waals surface area contributed by atoms with E-state index in [2.05, 4.69) is 15.4 Å². The van der Waals surface area contributed by atoms with Crippen LogP contribution in [0.3, 0.4) is 0 Å². The number of ether oxygens (including phenoxy) is 1. The second-order valence-electron chi connectivity index (χ2n) is 3.02. The van der Waals surface area contributed by atoms with Gasteiger partial charge in [-0.2, -0.15) is 4.98 Å². The van der Waals surface area contributed by atoms with Crippen LogP contribution < -0.4 is 16.0 Å². The highest BCUT2D eigenvalue weighted by atomic mass is 32.1. The van der Waals surface area contributed by atoms with Crippen LogP contribution in [0.15, 0.2) is 23.6 Å². The normalized spacial score (nSPS) is 11.1. The summed E-state index contributed by atoms with van der Waals surface area (Å²) in [6.45, 7) is 2.43. The van der Waals surface area contributed by atoms with Crippen molar-refractivity contribution in [1.29, 1.82) is 0 Å². The lowest BCUT2D eigenvalue weighted by Gasteiger charge is -2.05. The number of nitrogens with zero attached hydrogens (tertiary/aromatic N) is 2. The molecule has 0 aliphatic heterocycles. The predicted molar refractivity (Wildman–Crippen MR) is 65.5 cm³/mol. The van der Waals surface area contributed by atoms with Crippen LogP contribution in [0.4, 0.5) is 5.95 Å². The van der Waals surface area contributed by atoms with Crippen molar-refractivity contribution in [3.63, 3.8) is 0 Å². The molecule has 2 aromatic heterocycles. The molecule has 0 aromatic carbocycles. The molecule has 0 bridgehead atoms. The Kier molecular flexibility index (Phi) is 3.33. The topological polar surface area (TPSA) is 73.1 Å². The van der Waals surface area contributed by atoms with E-state index in [1.54, 1.807) is 0 Å². The summed E-state index contributed by atoms with van der Waals surface area (Å²) in [5.41, 5.74) is 2.43. The molecule has 0 fully saturated rings. The van der Waals surface area contributed by atoms with E-state index in [0.717, 1.165) is 10.2 Å². The van der Waals surface area contributed by atoms with Gasteiger partial charge in [-0.05, 0) is 18.4 Å². The molecule has 0 aliphatic rings. The predicted octanol–water partition coefficient (Wildman–Crippen LogP) is 1.93. The minimum atomic E-state index is 0.366. The zero-order valence-electron chi connectivity index (χ0n) is 8.80. The van der Waals surface area contributed by atoms with E-state index in [0.29, 0.717) is 18.4 Å². The second kappa shape index (κ2) is 4.91. The van der Waals surface area contributed by atoms with E-state index >= 15 is 0 Å². The number of allylic oxidation sites excluding steroid dienone is 1. The first-order chi connectivity index (χ1) is 7.85. The Hall–Kier alpha value is -1.66. The number of hydrazine groups is 1. The highest BCUT2D eigenvalue weighted by molar-refractivity contribution is 7.16. The molecule has 0 amide bonds. The molecule has 0 saturated heterocycles. The van der Waals surface area contributed by atoms with Crippen molar-refractivity contribution in [2.24, 2.45) is 5.84 Å². The molecule has 0 aliphatic carbocycles. The van der Waals surface area contributed by atoms with Crippen molar-refractivity contribution in [2.75, 3.05) is 12.0 Å². The van der Waals surface area contributed by atoms with Crippen LogP contribution in [0.25, 0.3) is 10.2 Å². The first-order valence-electron chi connectivity index (χ1n) is 4.81. The molecule has 16 heavy (non-hydrogen) atoms. The van der Waals surface area contributed by atoms with Crippen molar-refractivity contribution in [2.45, 2.75) is 6.92 Å². The average molecular weight is 236 g/mol. The third-order valence-electron chi connectivity index (χ3n) is 1.97. The van der Waals surface area contributed by atoms with Crippen molar-refractivity contribution in [3.8, 4) is 5.88 Å². The summed E-state index contributed by atoms with van der Waals surface area (Å²) in [4.78, 5) is 9.24. The van der Waals surface area contributed by atoms with Crippen LogP contribution in [0.1, 0.15) is 6.92 Å². The maximum absolute atomic E-state index is 5.53. The summed E-state index contributed by atoms with van der Waals surface area (Å²) in [6.07, 6.45) is 3.84. The Morgan fingerprint density at radius 1 is 1.56 bits per heavy atom. The van der Waals surface area contributed by atoms with Crippen LogP contribution >= 0.6 is 11.3 Å². The molecular weight excluding hydrogens is 224 g/mol. The highest BCUT2D eigenvalue weighted by Gasteiger charge is 2.08. The largest absolute Gasteiger partial charge is 0.473 e. The van der Waals surface area contributed by atoms with Gasteiger partial charge in [0.15, 0.2) is 0 Å². The van der Waals surface area contributed by atoms with Crippen LogP contribution in [-0.2, 0) is 0 Å². The summed E-state index contributed by atoms with van der Waals surface area (Å²) in [5, 5.41) is 2.86. The minimum Gasteiger partial charge on any atom is -0.473 e. The van der Waals surface area contributed by atoms with E-state index in [-0.39, 0.29) is 0 Å². The molecule has 2 rings (SSSR count). The van der Waals surface area contributed by atoms with Crippen molar-refractivity contribution in [3.05, 3.63) is 23.6 Å². The smallest absolute Gasteiger partial charge is 0.241 e. The van der Waals surface area contributed by atoms with Crippen molar-refractivity contribution in [1.82, 2.24) is 9.97 Å². The summed E-state index contributed by atoms with van der Waals surface area (Å²) < 4.78 is 5.53. The lowest BCUT2D eigenvalue weighted by molar-refractivity contribution is 0.353. The van der Waals surface area contributed by atoms with Crippen LogP contribution in [0.5, 0.6) is 5.88 Å². The molecule has 6 heteroatoms. The van der Waals surface area contributed by atoms with Gasteiger partial charge in [0.2, 0.25) is 11.8 Å². The van der Waals surface area contributed by atoms with E-state index in [4.69, 9.17) is 10.6 Å². The lowest BCUT2D eigenvalue weighted by atomic mass is 10.4. The summed E-state index contributed by atoms with van der Waals surface area (Å²) >= 11 is 1.53. The Morgan fingerprint density at radius 3 is 3.19 bits per heavy atom. The van der Waals surface area contributed by atoms with Gasteiger partial charge in [0.1, 0.15) is 11.4 Å². The fourth-order valence-corrected chi connectivity index (χ4v) is 1.98. The van der Waals surface area contributed by atoms with Gasteiger partial charge in [-0.25, -0.2) is 10.8 Å². The summed E-state index contributed by atoms with van der Waals surface area (Å²) in [5.74, 6) is 6.21. The summed E-state index contributed by atoms with van der Waals surface area (Å²) in [6, 6.07) is 1.94. The summed E-state index contributed by atoms with van der Waals surface area (Å²) in [7, 11) is 0. The third kappa shape index (κ3) is 2.12. The number of anilines is 1. The standard InChI is InChI=1S/C10H12N4OS/c1-2-3-5-15-8-7-4-6-16-9(7)13-10(12-8)14-11/h2-4,6H,5,11H2,1H3,(H,12,13,14)/b3-2+. The molecular formula is C10H12N4OS. The number of rotatable bonds is 4. The molecule has 0 unspecified atom stereocenters. The Morgan fingerprint density at radius 2 is 2.44 bits per heavy atom. The number of fused-ring (bicyclic) bond motifs is 1. The van der Waals surface area contributed by atoms with Gasteiger partial charge >= 0.3 is 0 Å². The first kappa shape index (κ1) is 10.8. The number of hydrogen-bond acceptors (Lipinski definition) is 6. The SMILES string of the molecule is C/C=C/COc1nc(NN)nc2sccc12. The van der Waals surface area contributed by atoms with Crippen LogP contribution in [0.2, 0.25) is 0 Å². The lowest BCUT2D eigenvalue weighted by Crippen LogP contribution is -2.11. The monoisotopic (exact) mass is 236 g/mol. The van der Waals surface area contributed by atoms with Crippen molar-refractivity contribution < 1.29 is 4.74 Å². The molecule has 84 valence electrons. The van der Waals surface area contributed by atoms with Crippen LogP contribution in [-0.4, -0.2) is 16.6 Å². The Bertz CT molecular complexity index is 508. The quantitative estimate of drug-likeness (QED) is 0.482. The molecule has 3 N–H and O–H groups in total. The van der Waals surface area contributed by atoms with Crippen molar-refractivity contribution >= 4 is 27.5 Å². The Balaban J connectivity index is 2.36. The van der Waals surface area contributed by atoms with Gasteiger partial charge in [0.25, 0.3) is 0 Å². The molecule has 2 heterocycles. The van der Waals surface area contributed by atoms with Gasteiger partial charge in [-0.3, -0.25) is 5.43 Å². The fourth-order valence-electron chi connectivity index (χ4n) is 1.23. The van der Waals surface area contributed by atoms with E-state index < -0.39 is 0 Å². The van der Waals surface area contributed by atoms with E-state index in [1.165, 1.54) is 11.3 Å². The molecule has 0 radical (unpaired) electrons. The zero-order valence-corrected chi connectivity index (χ0v) is 9.62. The van der Waals surface area contributed by atoms with E-state index in [9.17, 15) is 0 Å². The number of thiophene rings is 1. The van der Waals surface area contributed by atoms with E-state index in [1.807, 2.05) is 30.5 Å². The van der Waals surface area contributed by atoms with Crippen LogP contribution in [0, 0.1) is 0 Å².